The van der Waals surface area contributed by atoms with Crippen LogP contribution in [-0.4, -0.2) is 31.3 Å². The zero-order valence-electron chi connectivity index (χ0n) is 14.7. The van der Waals surface area contributed by atoms with E-state index in [4.69, 9.17) is 0 Å². The predicted octanol–water partition coefficient (Wildman–Crippen LogP) is 1.20. The number of Topliss-reactive ketones (excluding diaryl/α,β-unsaturated/α-hetero) is 1. The number of amides is 1. The summed E-state index contributed by atoms with van der Waals surface area (Å²) >= 11 is 0. The van der Waals surface area contributed by atoms with Crippen molar-refractivity contribution in [1.82, 2.24) is 10.3 Å². The van der Waals surface area contributed by atoms with E-state index in [1.54, 1.807) is 24.3 Å². The number of pyridine rings is 1. The maximum Gasteiger partial charge on any atom is 0.261 e. The molecule has 3 N–H and O–H groups in total. The first-order chi connectivity index (χ1) is 12.7. The number of carbonyl (C=O) groups is 2. The smallest absolute Gasteiger partial charge is 0.261 e. The molecule has 0 saturated carbocycles. The molecule has 0 spiro atoms. The van der Waals surface area contributed by atoms with Crippen LogP contribution >= 0.6 is 0 Å². The minimum Gasteiger partial charge on any atom is -0.348 e. The second-order valence-corrected chi connectivity index (χ2v) is 8.19. The number of benzene rings is 1. The van der Waals surface area contributed by atoms with E-state index in [1.165, 1.54) is 6.07 Å². The zero-order chi connectivity index (χ0) is 19.6. The van der Waals surface area contributed by atoms with Gasteiger partial charge in [-0.1, -0.05) is 12.1 Å². The third kappa shape index (κ3) is 4.62. The molecular weight excluding hydrogens is 370 g/mol. The van der Waals surface area contributed by atoms with Crippen LogP contribution in [-0.2, 0) is 23.0 Å². The Balaban J connectivity index is 1.75. The number of anilines is 1. The Morgan fingerprint density at radius 1 is 1.19 bits per heavy atom. The summed E-state index contributed by atoms with van der Waals surface area (Å²) < 4.78 is 25.0. The molecule has 9 heteroatoms. The van der Waals surface area contributed by atoms with Gasteiger partial charge in [0.2, 0.25) is 10.0 Å². The molecule has 0 fully saturated rings. The summed E-state index contributed by atoms with van der Waals surface area (Å²) in [5.41, 5.74) is 1.35. The SMILES string of the molecule is CS(=O)(=O)Nc1cccc(CNC(=O)c2cc3c([nH]c2=O)CCCC3=O)c1. The van der Waals surface area contributed by atoms with Crippen molar-refractivity contribution in [2.24, 2.45) is 0 Å². The molecule has 1 heterocycles. The molecule has 1 aromatic heterocycles. The van der Waals surface area contributed by atoms with E-state index in [2.05, 4.69) is 15.0 Å². The quantitative estimate of drug-likeness (QED) is 0.708. The van der Waals surface area contributed by atoms with E-state index in [0.29, 0.717) is 41.8 Å². The summed E-state index contributed by atoms with van der Waals surface area (Å²) in [5.74, 6) is -0.681. The molecule has 0 saturated heterocycles. The molecule has 1 aliphatic rings. The topological polar surface area (TPSA) is 125 Å². The summed E-state index contributed by atoms with van der Waals surface area (Å²) in [6.45, 7) is 0.0998. The predicted molar refractivity (Wildman–Crippen MR) is 100 cm³/mol. The number of hydrogen-bond donors (Lipinski definition) is 3. The van der Waals surface area contributed by atoms with E-state index < -0.39 is 21.5 Å². The van der Waals surface area contributed by atoms with Gasteiger partial charge in [-0.2, -0.15) is 0 Å². The number of rotatable bonds is 5. The maximum atomic E-state index is 12.4. The molecule has 1 aliphatic carbocycles. The Morgan fingerprint density at radius 2 is 1.96 bits per heavy atom. The van der Waals surface area contributed by atoms with Crippen molar-refractivity contribution in [3.8, 4) is 0 Å². The third-order valence-corrected chi connectivity index (χ3v) is 4.79. The van der Waals surface area contributed by atoms with Gasteiger partial charge >= 0.3 is 0 Å². The van der Waals surface area contributed by atoms with Gasteiger partial charge in [0.1, 0.15) is 5.56 Å². The van der Waals surface area contributed by atoms with E-state index in [0.717, 1.165) is 6.26 Å². The lowest BCUT2D eigenvalue weighted by atomic mass is 9.93. The third-order valence-electron chi connectivity index (χ3n) is 4.18. The number of aromatic nitrogens is 1. The number of nitrogens with one attached hydrogen (secondary N) is 3. The van der Waals surface area contributed by atoms with Crippen molar-refractivity contribution < 1.29 is 18.0 Å². The Hall–Kier alpha value is -2.94. The summed E-state index contributed by atoms with van der Waals surface area (Å²) in [6, 6.07) is 7.90. The van der Waals surface area contributed by atoms with Gasteiger partial charge in [0.05, 0.1) is 6.26 Å². The van der Waals surface area contributed by atoms with Gasteiger partial charge < -0.3 is 10.3 Å². The van der Waals surface area contributed by atoms with Gasteiger partial charge in [-0.3, -0.25) is 19.1 Å². The van der Waals surface area contributed by atoms with Crippen molar-refractivity contribution >= 4 is 27.4 Å². The molecule has 27 heavy (non-hydrogen) atoms. The first-order valence-electron chi connectivity index (χ1n) is 8.37. The summed E-state index contributed by atoms with van der Waals surface area (Å²) in [5, 5.41) is 2.62. The molecule has 1 aromatic carbocycles. The fourth-order valence-electron chi connectivity index (χ4n) is 2.98. The van der Waals surface area contributed by atoms with Crippen LogP contribution in [0.15, 0.2) is 35.1 Å². The van der Waals surface area contributed by atoms with Gasteiger partial charge in [-0.15, -0.1) is 0 Å². The number of carbonyl (C=O) groups excluding carboxylic acids is 2. The molecule has 0 radical (unpaired) electrons. The Morgan fingerprint density at radius 3 is 2.70 bits per heavy atom. The van der Waals surface area contributed by atoms with E-state index in [1.807, 2.05) is 0 Å². The fraction of sp³-hybridized carbons (Fsp3) is 0.278. The first-order valence-corrected chi connectivity index (χ1v) is 10.3. The lowest BCUT2D eigenvalue weighted by Crippen LogP contribution is -2.31. The number of H-pyrrole nitrogens is 1. The van der Waals surface area contributed by atoms with E-state index >= 15 is 0 Å². The van der Waals surface area contributed by atoms with Gasteiger partial charge in [-0.05, 0) is 36.6 Å². The van der Waals surface area contributed by atoms with Gasteiger partial charge in [0, 0.05) is 29.9 Å². The molecule has 2 aromatic rings. The maximum absolute atomic E-state index is 12.4. The minimum atomic E-state index is -3.40. The molecule has 3 rings (SSSR count). The van der Waals surface area contributed by atoms with E-state index in [9.17, 15) is 22.8 Å². The molecule has 0 bridgehead atoms. The summed E-state index contributed by atoms with van der Waals surface area (Å²) in [4.78, 5) is 39.2. The van der Waals surface area contributed by atoms with Crippen molar-refractivity contribution in [1.29, 1.82) is 0 Å². The van der Waals surface area contributed by atoms with Crippen LogP contribution in [0.1, 0.15) is 44.8 Å². The molecule has 8 nitrogen and oxygen atoms in total. The van der Waals surface area contributed by atoms with Crippen LogP contribution < -0.4 is 15.6 Å². The molecule has 0 unspecified atom stereocenters. The lowest BCUT2D eigenvalue weighted by molar-refractivity contribution is 0.0949. The highest BCUT2D eigenvalue weighted by Gasteiger charge is 2.21. The van der Waals surface area contributed by atoms with Crippen LogP contribution in [0.5, 0.6) is 0 Å². The standard InChI is InChI=1S/C18H19N3O5S/c1-27(25,26)21-12-5-2-4-11(8-12)10-19-17(23)14-9-13-15(20-18(14)24)6-3-7-16(13)22/h2,4-5,8-9,21H,3,6-7,10H2,1H3,(H,19,23)(H,20,24). The number of aryl methyl sites for hydroxylation is 1. The molecule has 142 valence electrons. The van der Waals surface area contributed by atoms with E-state index in [-0.39, 0.29) is 17.9 Å². The number of ketones is 1. The molecule has 1 amide bonds. The zero-order valence-corrected chi connectivity index (χ0v) is 15.5. The van der Waals surface area contributed by atoms with Gasteiger partial charge in [0.25, 0.3) is 11.5 Å². The largest absolute Gasteiger partial charge is 0.348 e. The average Bonchev–Trinajstić information content (AvgIpc) is 2.58. The molecule has 0 atom stereocenters. The van der Waals surface area contributed by atoms with Crippen LogP contribution in [0.2, 0.25) is 0 Å². The molecular formula is C18H19N3O5S. The highest BCUT2D eigenvalue weighted by Crippen LogP contribution is 2.19. The first kappa shape index (κ1) is 18.8. The van der Waals surface area contributed by atoms with Gasteiger partial charge in [-0.25, -0.2) is 8.42 Å². The summed E-state index contributed by atoms with van der Waals surface area (Å²) in [7, 11) is -3.40. The van der Waals surface area contributed by atoms with Crippen LogP contribution in [0.25, 0.3) is 0 Å². The van der Waals surface area contributed by atoms with Crippen LogP contribution in [0.4, 0.5) is 5.69 Å². The van der Waals surface area contributed by atoms with Crippen molar-refractivity contribution in [2.45, 2.75) is 25.8 Å². The fourth-order valence-corrected chi connectivity index (χ4v) is 3.54. The Bertz CT molecular complexity index is 1070. The lowest BCUT2D eigenvalue weighted by Gasteiger charge is -2.15. The van der Waals surface area contributed by atoms with Crippen molar-refractivity contribution in [3.63, 3.8) is 0 Å². The summed E-state index contributed by atoms with van der Waals surface area (Å²) in [6.07, 6.45) is 2.74. The number of hydrogen-bond acceptors (Lipinski definition) is 5. The Kier molecular flexibility index (Phi) is 5.13. The average molecular weight is 389 g/mol. The number of aromatic amines is 1. The highest BCUT2D eigenvalue weighted by molar-refractivity contribution is 7.92. The number of fused-ring (bicyclic) bond motifs is 1. The van der Waals surface area contributed by atoms with Crippen LogP contribution in [0, 0.1) is 0 Å². The second kappa shape index (κ2) is 7.36. The minimum absolute atomic E-state index is 0.0823. The molecule has 0 aliphatic heterocycles. The normalized spacial score (nSPS) is 13.7. The van der Waals surface area contributed by atoms with Crippen molar-refractivity contribution in [3.05, 3.63) is 63.1 Å². The Labute approximate surface area is 156 Å². The number of sulfonamides is 1. The van der Waals surface area contributed by atoms with Crippen molar-refractivity contribution in [2.75, 3.05) is 11.0 Å². The monoisotopic (exact) mass is 389 g/mol. The highest BCUT2D eigenvalue weighted by atomic mass is 32.2. The second-order valence-electron chi connectivity index (χ2n) is 6.44. The van der Waals surface area contributed by atoms with Crippen LogP contribution in [0.3, 0.4) is 0 Å². The van der Waals surface area contributed by atoms with Gasteiger partial charge in [0.15, 0.2) is 5.78 Å².